The Balaban J connectivity index is 1.81. The lowest BCUT2D eigenvalue weighted by Crippen LogP contribution is -3.15. The highest BCUT2D eigenvalue weighted by atomic mass is 19.3. The van der Waals surface area contributed by atoms with Gasteiger partial charge < -0.3 is 19.7 Å². The van der Waals surface area contributed by atoms with E-state index in [9.17, 15) is 13.6 Å². The van der Waals surface area contributed by atoms with Crippen LogP contribution < -0.4 is 15.0 Å². The van der Waals surface area contributed by atoms with Crippen molar-refractivity contribution in [1.82, 2.24) is 0 Å². The van der Waals surface area contributed by atoms with Gasteiger partial charge in [-0.05, 0) is 24.3 Å². The number of halogens is 2. The van der Waals surface area contributed by atoms with Gasteiger partial charge in [0.1, 0.15) is 18.8 Å². The molecule has 2 N–H and O–H groups in total. The molecule has 0 saturated carbocycles. The van der Waals surface area contributed by atoms with Crippen molar-refractivity contribution < 1.29 is 27.9 Å². The lowest BCUT2D eigenvalue weighted by atomic mass is 10.3. The van der Waals surface area contributed by atoms with E-state index in [2.05, 4.69) is 10.1 Å². The SMILES string of the molecule is O=C(C[NH+]1CCOCC1)Nc1ccc(OC(F)F)cc1. The standard InChI is InChI=1S/C13H16F2N2O3/c14-13(15)20-11-3-1-10(2-4-11)16-12(18)9-17-5-7-19-8-6-17/h1-4,13H,5-9H2,(H,16,18)/p+1. The second-order valence-corrected chi connectivity index (χ2v) is 4.49. The molecule has 1 heterocycles. The van der Waals surface area contributed by atoms with E-state index in [1.54, 1.807) is 0 Å². The summed E-state index contributed by atoms with van der Waals surface area (Å²) in [5.74, 6) is -0.0405. The van der Waals surface area contributed by atoms with Crippen molar-refractivity contribution in [3.8, 4) is 5.75 Å². The number of morpholine rings is 1. The molecule has 1 amide bonds. The zero-order chi connectivity index (χ0) is 14.4. The number of alkyl halides is 2. The average Bonchev–Trinajstić information content (AvgIpc) is 2.41. The van der Waals surface area contributed by atoms with Gasteiger partial charge in [0.15, 0.2) is 6.54 Å². The molecule has 0 bridgehead atoms. The number of quaternary nitrogens is 1. The second-order valence-electron chi connectivity index (χ2n) is 4.49. The van der Waals surface area contributed by atoms with Crippen LogP contribution in [0.4, 0.5) is 14.5 Å². The number of rotatable bonds is 5. The van der Waals surface area contributed by atoms with Gasteiger partial charge in [-0.15, -0.1) is 0 Å². The van der Waals surface area contributed by atoms with E-state index in [0.717, 1.165) is 13.1 Å². The summed E-state index contributed by atoms with van der Waals surface area (Å²) in [6, 6.07) is 5.85. The third-order valence-electron chi connectivity index (χ3n) is 2.97. The number of nitrogens with one attached hydrogen (secondary N) is 2. The minimum Gasteiger partial charge on any atom is -0.435 e. The number of hydrogen-bond donors (Lipinski definition) is 2. The maximum atomic E-state index is 12.0. The normalized spacial score (nSPS) is 16.1. The molecule has 1 aromatic rings. The summed E-state index contributed by atoms with van der Waals surface area (Å²) >= 11 is 0. The van der Waals surface area contributed by atoms with Gasteiger partial charge in [0.25, 0.3) is 5.91 Å². The van der Waals surface area contributed by atoms with Gasteiger partial charge in [-0.2, -0.15) is 8.78 Å². The van der Waals surface area contributed by atoms with Crippen molar-refractivity contribution in [1.29, 1.82) is 0 Å². The first kappa shape index (κ1) is 14.7. The van der Waals surface area contributed by atoms with Crippen LogP contribution in [-0.2, 0) is 9.53 Å². The number of hydrogen-bond acceptors (Lipinski definition) is 3. The fourth-order valence-electron chi connectivity index (χ4n) is 1.99. The van der Waals surface area contributed by atoms with Gasteiger partial charge in [-0.1, -0.05) is 0 Å². The molecule has 0 aliphatic carbocycles. The number of amides is 1. The Hall–Kier alpha value is -1.73. The van der Waals surface area contributed by atoms with E-state index in [0.29, 0.717) is 25.4 Å². The van der Waals surface area contributed by atoms with E-state index in [1.165, 1.54) is 29.2 Å². The Morgan fingerprint density at radius 3 is 2.55 bits per heavy atom. The number of ether oxygens (including phenoxy) is 2. The quantitative estimate of drug-likeness (QED) is 0.810. The fourth-order valence-corrected chi connectivity index (χ4v) is 1.99. The molecular weight excluding hydrogens is 270 g/mol. The number of carbonyl (C=O) groups excluding carboxylic acids is 1. The molecular formula is C13H17F2N2O3+. The number of benzene rings is 1. The van der Waals surface area contributed by atoms with Crippen LogP contribution in [0.1, 0.15) is 0 Å². The van der Waals surface area contributed by atoms with Crippen LogP contribution in [0, 0.1) is 0 Å². The summed E-state index contributed by atoms with van der Waals surface area (Å²) in [6.07, 6.45) is 0. The molecule has 2 rings (SSSR count). The number of anilines is 1. The molecule has 0 unspecified atom stereocenters. The highest BCUT2D eigenvalue weighted by molar-refractivity contribution is 5.91. The summed E-state index contributed by atoms with van der Waals surface area (Å²) in [7, 11) is 0. The largest absolute Gasteiger partial charge is 0.435 e. The topological polar surface area (TPSA) is 52.0 Å². The van der Waals surface area contributed by atoms with Crippen molar-refractivity contribution in [2.45, 2.75) is 6.61 Å². The molecule has 1 fully saturated rings. The first-order valence-corrected chi connectivity index (χ1v) is 6.39. The summed E-state index contributed by atoms with van der Waals surface area (Å²) in [5.41, 5.74) is 0.560. The highest BCUT2D eigenvalue weighted by Gasteiger charge is 2.17. The predicted molar refractivity (Wildman–Crippen MR) is 68.1 cm³/mol. The predicted octanol–water partition coefficient (Wildman–Crippen LogP) is 0.142. The summed E-state index contributed by atoms with van der Waals surface area (Å²) in [5, 5.41) is 2.73. The van der Waals surface area contributed by atoms with Crippen LogP contribution >= 0.6 is 0 Å². The molecule has 1 aliphatic heterocycles. The van der Waals surface area contributed by atoms with Gasteiger partial charge in [-0.3, -0.25) is 4.79 Å². The van der Waals surface area contributed by atoms with Crippen molar-refractivity contribution >= 4 is 11.6 Å². The van der Waals surface area contributed by atoms with Crippen LogP contribution in [-0.4, -0.2) is 45.4 Å². The Kier molecular flexibility index (Phi) is 5.25. The third kappa shape index (κ3) is 4.75. The van der Waals surface area contributed by atoms with Crippen molar-refractivity contribution in [3.63, 3.8) is 0 Å². The Bertz CT molecular complexity index is 434. The smallest absolute Gasteiger partial charge is 0.387 e. The molecule has 110 valence electrons. The van der Waals surface area contributed by atoms with Gasteiger partial charge in [-0.25, -0.2) is 0 Å². The average molecular weight is 287 g/mol. The van der Waals surface area contributed by atoms with Crippen LogP contribution in [0.3, 0.4) is 0 Å². The van der Waals surface area contributed by atoms with E-state index >= 15 is 0 Å². The molecule has 1 aromatic carbocycles. The maximum Gasteiger partial charge on any atom is 0.387 e. The molecule has 0 atom stereocenters. The summed E-state index contributed by atoms with van der Waals surface area (Å²) in [6.45, 7) is 0.493. The molecule has 7 heteroatoms. The first-order valence-electron chi connectivity index (χ1n) is 6.39. The van der Waals surface area contributed by atoms with Crippen LogP contribution in [0.2, 0.25) is 0 Å². The fraction of sp³-hybridized carbons (Fsp3) is 0.462. The minimum absolute atomic E-state index is 0.0665. The van der Waals surface area contributed by atoms with E-state index in [1.807, 2.05) is 0 Å². The minimum atomic E-state index is -2.85. The first-order chi connectivity index (χ1) is 9.63. The van der Waals surface area contributed by atoms with E-state index in [-0.39, 0.29) is 11.7 Å². The summed E-state index contributed by atoms with van der Waals surface area (Å²) < 4.78 is 33.4. The van der Waals surface area contributed by atoms with Crippen LogP contribution in [0.15, 0.2) is 24.3 Å². The monoisotopic (exact) mass is 287 g/mol. The lowest BCUT2D eigenvalue weighted by Gasteiger charge is -2.23. The number of carbonyl (C=O) groups is 1. The van der Waals surface area contributed by atoms with Crippen LogP contribution in [0.25, 0.3) is 0 Å². The molecule has 1 saturated heterocycles. The van der Waals surface area contributed by atoms with Gasteiger partial charge in [0.2, 0.25) is 0 Å². The highest BCUT2D eigenvalue weighted by Crippen LogP contribution is 2.17. The molecule has 20 heavy (non-hydrogen) atoms. The van der Waals surface area contributed by atoms with Crippen molar-refractivity contribution in [3.05, 3.63) is 24.3 Å². The van der Waals surface area contributed by atoms with E-state index in [4.69, 9.17) is 4.74 Å². The van der Waals surface area contributed by atoms with E-state index < -0.39 is 6.61 Å². The van der Waals surface area contributed by atoms with Gasteiger partial charge in [0, 0.05) is 5.69 Å². The van der Waals surface area contributed by atoms with Gasteiger partial charge >= 0.3 is 6.61 Å². The second kappa shape index (κ2) is 7.16. The summed E-state index contributed by atoms with van der Waals surface area (Å²) in [4.78, 5) is 13.0. The van der Waals surface area contributed by atoms with Gasteiger partial charge in [0.05, 0.1) is 13.2 Å². The zero-order valence-electron chi connectivity index (χ0n) is 10.9. The van der Waals surface area contributed by atoms with Crippen LogP contribution in [0.5, 0.6) is 5.75 Å². The third-order valence-corrected chi connectivity index (χ3v) is 2.97. The molecule has 0 spiro atoms. The lowest BCUT2D eigenvalue weighted by molar-refractivity contribution is -0.899. The molecule has 0 radical (unpaired) electrons. The maximum absolute atomic E-state index is 12.0. The van der Waals surface area contributed by atoms with Crippen molar-refractivity contribution in [2.75, 3.05) is 38.2 Å². The Labute approximate surface area is 115 Å². The zero-order valence-corrected chi connectivity index (χ0v) is 10.9. The Morgan fingerprint density at radius 1 is 1.30 bits per heavy atom. The molecule has 5 nitrogen and oxygen atoms in total. The molecule has 1 aliphatic rings. The molecule has 0 aromatic heterocycles. The Morgan fingerprint density at radius 2 is 1.95 bits per heavy atom. The van der Waals surface area contributed by atoms with Crippen molar-refractivity contribution in [2.24, 2.45) is 0 Å².